The summed E-state index contributed by atoms with van der Waals surface area (Å²) in [4.78, 5) is 0. The minimum Gasteiger partial charge on any atom is -0.396 e. The Kier molecular flexibility index (Phi) is 5.43. The van der Waals surface area contributed by atoms with E-state index in [1.807, 2.05) is 13.8 Å². The summed E-state index contributed by atoms with van der Waals surface area (Å²) >= 11 is 0. The molecule has 90 valence electrons. The second kappa shape index (κ2) is 5.59. The van der Waals surface area contributed by atoms with Gasteiger partial charge in [0.25, 0.3) is 0 Å². The van der Waals surface area contributed by atoms with Crippen LogP contribution in [0.3, 0.4) is 0 Å². The summed E-state index contributed by atoms with van der Waals surface area (Å²) in [6, 6.07) is 0. The third-order valence-electron chi connectivity index (χ3n) is 3.58. The van der Waals surface area contributed by atoms with Crippen molar-refractivity contribution >= 4 is 0 Å². The van der Waals surface area contributed by atoms with E-state index in [4.69, 9.17) is 10.6 Å². The Bertz CT molecular complexity index is 200. The van der Waals surface area contributed by atoms with Crippen LogP contribution in [0.15, 0.2) is 5.11 Å². The SMILES string of the molecule is CC(CCO)C(C)(C)CCC(C)(C)N=N. The van der Waals surface area contributed by atoms with E-state index in [0.29, 0.717) is 5.92 Å². The van der Waals surface area contributed by atoms with Crippen molar-refractivity contribution in [1.82, 2.24) is 0 Å². The van der Waals surface area contributed by atoms with Gasteiger partial charge in [-0.05, 0) is 44.4 Å². The molecule has 1 unspecified atom stereocenters. The molecule has 1 atom stereocenters. The van der Waals surface area contributed by atoms with E-state index >= 15 is 0 Å². The van der Waals surface area contributed by atoms with Crippen molar-refractivity contribution in [2.24, 2.45) is 16.4 Å². The predicted molar refractivity (Wildman–Crippen MR) is 63.1 cm³/mol. The number of nitrogens with zero attached hydrogens (tertiary/aromatic N) is 1. The molecule has 0 aromatic rings. The zero-order chi connectivity index (χ0) is 12.1. The first-order valence-corrected chi connectivity index (χ1v) is 5.74. The van der Waals surface area contributed by atoms with Crippen LogP contribution in [0, 0.1) is 16.9 Å². The lowest BCUT2D eigenvalue weighted by atomic mass is 9.73. The van der Waals surface area contributed by atoms with E-state index in [1.165, 1.54) is 0 Å². The van der Waals surface area contributed by atoms with Crippen molar-refractivity contribution in [3.63, 3.8) is 0 Å². The van der Waals surface area contributed by atoms with E-state index in [0.717, 1.165) is 19.3 Å². The number of hydrogen-bond acceptors (Lipinski definition) is 3. The van der Waals surface area contributed by atoms with Gasteiger partial charge in [0.1, 0.15) is 0 Å². The van der Waals surface area contributed by atoms with Crippen LogP contribution >= 0.6 is 0 Å². The van der Waals surface area contributed by atoms with Crippen LogP contribution in [0.5, 0.6) is 0 Å². The third-order valence-corrected chi connectivity index (χ3v) is 3.58. The van der Waals surface area contributed by atoms with Crippen molar-refractivity contribution in [3.05, 3.63) is 0 Å². The summed E-state index contributed by atoms with van der Waals surface area (Å²) in [5.74, 6) is 0.504. The molecule has 3 heteroatoms. The molecule has 0 saturated carbocycles. The van der Waals surface area contributed by atoms with Gasteiger partial charge in [-0.15, -0.1) is 0 Å². The Morgan fingerprint density at radius 3 is 2.13 bits per heavy atom. The lowest BCUT2D eigenvalue weighted by Crippen LogP contribution is -2.26. The van der Waals surface area contributed by atoms with Crippen molar-refractivity contribution in [3.8, 4) is 0 Å². The summed E-state index contributed by atoms with van der Waals surface area (Å²) in [7, 11) is 0. The molecular weight excluding hydrogens is 188 g/mol. The molecule has 0 aliphatic heterocycles. The molecule has 3 nitrogen and oxygen atoms in total. The fourth-order valence-electron chi connectivity index (χ4n) is 1.51. The number of nitrogens with one attached hydrogen (secondary N) is 1. The van der Waals surface area contributed by atoms with Crippen LogP contribution in [0.2, 0.25) is 0 Å². The van der Waals surface area contributed by atoms with Crippen LogP contribution in [0.25, 0.3) is 0 Å². The lowest BCUT2D eigenvalue weighted by Gasteiger charge is -2.33. The van der Waals surface area contributed by atoms with Crippen molar-refractivity contribution in [2.75, 3.05) is 6.61 Å². The highest BCUT2D eigenvalue weighted by atomic mass is 16.3. The Labute approximate surface area is 93.8 Å². The fraction of sp³-hybridized carbons (Fsp3) is 1.00. The summed E-state index contributed by atoms with van der Waals surface area (Å²) in [5, 5.41) is 12.6. The lowest BCUT2D eigenvalue weighted by molar-refractivity contribution is 0.149. The highest BCUT2D eigenvalue weighted by molar-refractivity contribution is 4.82. The van der Waals surface area contributed by atoms with E-state index in [-0.39, 0.29) is 17.6 Å². The molecule has 0 aliphatic carbocycles. The largest absolute Gasteiger partial charge is 0.396 e. The zero-order valence-electron chi connectivity index (χ0n) is 10.8. The average Bonchev–Trinajstić information content (AvgIpc) is 2.16. The standard InChI is InChI=1S/C12H26N2O/c1-10(6-9-15)11(2,3)7-8-12(4,5)14-13/h10,13,15H,6-9H2,1-5H3. The molecule has 0 aromatic carbocycles. The Hall–Kier alpha value is -0.440. The van der Waals surface area contributed by atoms with E-state index < -0.39 is 0 Å². The van der Waals surface area contributed by atoms with Gasteiger partial charge >= 0.3 is 0 Å². The minimum absolute atomic E-state index is 0.213. The van der Waals surface area contributed by atoms with Gasteiger partial charge in [0.05, 0.1) is 5.54 Å². The smallest absolute Gasteiger partial charge is 0.0757 e. The van der Waals surface area contributed by atoms with Crippen LogP contribution in [-0.2, 0) is 0 Å². The summed E-state index contributed by atoms with van der Waals surface area (Å²) in [5.41, 5.74) is 7.06. The molecular formula is C12H26N2O. The Morgan fingerprint density at radius 2 is 1.73 bits per heavy atom. The van der Waals surface area contributed by atoms with E-state index in [1.54, 1.807) is 0 Å². The van der Waals surface area contributed by atoms with Gasteiger partial charge < -0.3 is 5.11 Å². The van der Waals surface area contributed by atoms with Crippen LogP contribution in [0.4, 0.5) is 0 Å². The molecule has 0 amide bonds. The van der Waals surface area contributed by atoms with E-state index in [9.17, 15) is 0 Å². The predicted octanol–water partition coefficient (Wildman–Crippen LogP) is 3.62. The topological polar surface area (TPSA) is 56.4 Å². The Balaban J connectivity index is 4.19. The molecule has 0 bridgehead atoms. The minimum atomic E-state index is -0.240. The van der Waals surface area contributed by atoms with Crippen molar-refractivity contribution in [1.29, 1.82) is 5.53 Å². The first kappa shape index (κ1) is 14.6. The molecule has 0 fully saturated rings. The molecule has 0 radical (unpaired) electrons. The van der Waals surface area contributed by atoms with Crippen LogP contribution in [-0.4, -0.2) is 17.3 Å². The number of aliphatic hydroxyl groups excluding tert-OH is 1. The zero-order valence-corrected chi connectivity index (χ0v) is 10.8. The number of hydrogen-bond donors (Lipinski definition) is 2. The van der Waals surface area contributed by atoms with Gasteiger partial charge in [-0.1, -0.05) is 20.8 Å². The first-order chi connectivity index (χ1) is 6.75. The van der Waals surface area contributed by atoms with Gasteiger partial charge in [-0.25, -0.2) is 5.53 Å². The third kappa shape index (κ3) is 5.26. The normalized spacial score (nSPS) is 15.1. The second-order valence-electron chi connectivity index (χ2n) is 5.83. The summed E-state index contributed by atoms with van der Waals surface area (Å²) in [6.07, 6.45) is 2.83. The first-order valence-electron chi connectivity index (χ1n) is 5.74. The highest BCUT2D eigenvalue weighted by Crippen LogP contribution is 2.36. The Morgan fingerprint density at radius 1 is 1.20 bits per heavy atom. The maximum atomic E-state index is 8.93. The van der Waals surface area contributed by atoms with Crippen LogP contribution in [0.1, 0.15) is 53.9 Å². The number of aliphatic hydroxyl groups is 1. The molecule has 0 rings (SSSR count). The molecule has 0 aromatic heterocycles. The van der Waals surface area contributed by atoms with E-state index in [2.05, 4.69) is 25.9 Å². The maximum absolute atomic E-state index is 8.93. The fourth-order valence-corrected chi connectivity index (χ4v) is 1.51. The quantitative estimate of drug-likeness (QED) is 0.625. The van der Waals surface area contributed by atoms with Crippen molar-refractivity contribution < 1.29 is 5.11 Å². The van der Waals surface area contributed by atoms with Gasteiger partial charge in [-0.2, -0.15) is 5.11 Å². The average molecular weight is 214 g/mol. The van der Waals surface area contributed by atoms with Gasteiger partial charge in [-0.3, -0.25) is 0 Å². The van der Waals surface area contributed by atoms with Crippen LogP contribution < -0.4 is 0 Å². The molecule has 0 aliphatic rings. The molecule has 0 saturated heterocycles. The molecule has 2 N–H and O–H groups in total. The van der Waals surface area contributed by atoms with Gasteiger partial charge in [0, 0.05) is 6.61 Å². The second-order valence-corrected chi connectivity index (χ2v) is 5.83. The highest BCUT2D eigenvalue weighted by Gasteiger charge is 2.28. The van der Waals surface area contributed by atoms with Gasteiger partial charge in [0.2, 0.25) is 0 Å². The van der Waals surface area contributed by atoms with Gasteiger partial charge in [0.15, 0.2) is 0 Å². The monoisotopic (exact) mass is 214 g/mol. The summed E-state index contributed by atoms with van der Waals surface area (Å²) < 4.78 is 0. The number of rotatable bonds is 7. The van der Waals surface area contributed by atoms with Crippen molar-refractivity contribution in [2.45, 2.75) is 59.4 Å². The molecule has 15 heavy (non-hydrogen) atoms. The maximum Gasteiger partial charge on any atom is 0.0757 e. The molecule has 0 heterocycles. The molecule has 0 spiro atoms. The summed E-state index contributed by atoms with van der Waals surface area (Å²) in [6.45, 7) is 10.9.